The zero-order valence-corrected chi connectivity index (χ0v) is 11.5. The summed E-state index contributed by atoms with van der Waals surface area (Å²) in [7, 11) is -2.92. The first-order chi connectivity index (χ1) is 9.03. The van der Waals surface area contributed by atoms with Crippen molar-refractivity contribution in [2.45, 2.75) is 37.9 Å². The van der Waals surface area contributed by atoms with E-state index in [2.05, 4.69) is 0 Å². The Kier molecular flexibility index (Phi) is 3.27. The quantitative estimate of drug-likeness (QED) is 0.895. The van der Waals surface area contributed by atoms with E-state index in [-0.39, 0.29) is 17.6 Å². The molecule has 0 spiro atoms. The predicted molar refractivity (Wildman–Crippen MR) is 72.0 cm³/mol. The van der Waals surface area contributed by atoms with Crippen LogP contribution < -0.4 is 4.74 Å². The molecular formula is C14H18O4S. The molecule has 1 aliphatic carbocycles. The maximum Gasteiger partial charge on any atom is 0.154 e. The zero-order valence-electron chi connectivity index (χ0n) is 10.7. The van der Waals surface area contributed by atoms with Crippen LogP contribution in [0.15, 0.2) is 18.2 Å². The Bertz CT molecular complexity index is 579. The van der Waals surface area contributed by atoms with Crippen molar-refractivity contribution in [2.75, 3.05) is 11.5 Å². The third-order valence-corrected chi connectivity index (χ3v) is 5.63. The molecule has 1 heterocycles. The summed E-state index contributed by atoms with van der Waals surface area (Å²) in [5, 5.41) is 9.98. The maximum absolute atomic E-state index is 11.4. The fourth-order valence-corrected chi connectivity index (χ4v) is 4.46. The lowest BCUT2D eigenvalue weighted by Crippen LogP contribution is -2.18. The fraction of sp³-hybridized carbons (Fsp3) is 0.571. The maximum atomic E-state index is 11.4. The van der Waals surface area contributed by atoms with Crippen LogP contribution in [0.4, 0.5) is 0 Å². The van der Waals surface area contributed by atoms with Gasteiger partial charge in [-0.3, -0.25) is 0 Å². The number of sulfone groups is 1. The van der Waals surface area contributed by atoms with Crippen LogP contribution in [0.3, 0.4) is 0 Å². The van der Waals surface area contributed by atoms with Crippen molar-refractivity contribution < 1.29 is 18.3 Å². The molecule has 19 heavy (non-hydrogen) atoms. The molecule has 1 fully saturated rings. The standard InChI is InChI=1S/C14H18O4S/c15-14-3-1-2-10-4-5-11(8-13(10)14)18-12-6-7-19(16,17)9-12/h4-5,8,12,14-15H,1-3,6-7,9H2. The van der Waals surface area contributed by atoms with E-state index in [1.54, 1.807) is 0 Å². The molecule has 5 heteroatoms. The third kappa shape index (κ3) is 2.77. The number of aryl methyl sites for hydroxylation is 1. The number of benzene rings is 1. The summed E-state index contributed by atoms with van der Waals surface area (Å²) in [5.41, 5.74) is 2.11. The molecule has 1 aromatic rings. The number of aliphatic hydroxyl groups excluding tert-OH is 1. The van der Waals surface area contributed by atoms with Crippen LogP contribution in [-0.2, 0) is 16.3 Å². The average molecular weight is 282 g/mol. The van der Waals surface area contributed by atoms with Gasteiger partial charge in [-0.15, -0.1) is 0 Å². The molecule has 1 aliphatic heterocycles. The molecule has 0 bridgehead atoms. The topological polar surface area (TPSA) is 63.6 Å². The van der Waals surface area contributed by atoms with E-state index in [4.69, 9.17) is 4.74 Å². The SMILES string of the molecule is O=S1(=O)CCC(Oc2ccc3c(c2)C(O)CCC3)C1. The van der Waals surface area contributed by atoms with Crippen molar-refractivity contribution in [1.82, 2.24) is 0 Å². The van der Waals surface area contributed by atoms with E-state index >= 15 is 0 Å². The first-order valence-corrected chi connectivity index (χ1v) is 8.54. The Morgan fingerprint density at radius 2 is 2.11 bits per heavy atom. The van der Waals surface area contributed by atoms with Gasteiger partial charge in [0, 0.05) is 0 Å². The Hall–Kier alpha value is -1.07. The van der Waals surface area contributed by atoms with Gasteiger partial charge < -0.3 is 9.84 Å². The summed E-state index contributed by atoms with van der Waals surface area (Å²) in [5.74, 6) is 0.986. The lowest BCUT2D eigenvalue weighted by atomic mass is 9.89. The Morgan fingerprint density at radius 1 is 1.26 bits per heavy atom. The highest BCUT2D eigenvalue weighted by atomic mass is 32.2. The number of hydrogen-bond acceptors (Lipinski definition) is 4. The number of hydrogen-bond donors (Lipinski definition) is 1. The van der Waals surface area contributed by atoms with E-state index in [1.165, 1.54) is 5.56 Å². The molecule has 0 saturated carbocycles. The highest BCUT2D eigenvalue weighted by Crippen LogP contribution is 2.33. The van der Waals surface area contributed by atoms with E-state index in [9.17, 15) is 13.5 Å². The van der Waals surface area contributed by atoms with Crippen LogP contribution in [0.25, 0.3) is 0 Å². The van der Waals surface area contributed by atoms with Crippen molar-refractivity contribution in [2.24, 2.45) is 0 Å². The van der Waals surface area contributed by atoms with Gasteiger partial charge in [-0.25, -0.2) is 8.42 Å². The Balaban J connectivity index is 1.77. The normalized spacial score (nSPS) is 28.9. The van der Waals surface area contributed by atoms with E-state index < -0.39 is 15.9 Å². The molecule has 0 radical (unpaired) electrons. The third-order valence-electron chi connectivity index (χ3n) is 3.89. The minimum Gasteiger partial charge on any atom is -0.489 e. The average Bonchev–Trinajstić information content (AvgIpc) is 2.70. The van der Waals surface area contributed by atoms with Crippen molar-refractivity contribution >= 4 is 9.84 Å². The van der Waals surface area contributed by atoms with Gasteiger partial charge >= 0.3 is 0 Å². The van der Waals surface area contributed by atoms with E-state index in [1.807, 2.05) is 18.2 Å². The Labute approximate surface area is 113 Å². The first-order valence-electron chi connectivity index (χ1n) is 6.71. The van der Waals surface area contributed by atoms with E-state index in [0.717, 1.165) is 24.8 Å². The van der Waals surface area contributed by atoms with Crippen LogP contribution in [0, 0.1) is 0 Å². The summed E-state index contributed by atoms with van der Waals surface area (Å²) in [4.78, 5) is 0. The molecule has 2 aliphatic rings. The highest BCUT2D eigenvalue weighted by Gasteiger charge is 2.29. The Morgan fingerprint density at radius 3 is 2.84 bits per heavy atom. The van der Waals surface area contributed by atoms with Crippen molar-refractivity contribution in [3.8, 4) is 5.75 Å². The van der Waals surface area contributed by atoms with Crippen molar-refractivity contribution in [3.05, 3.63) is 29.3 Å². The number of aliphatic hydroxyl groups is 1. The van der Waals surface area contributed by atoms with Crippen LogP contribution in [0.1, 0.15) is 36.5 Å². The fourth-order valence-electron chi connectivity index (χ4n) is 2.87. The van der Waals surface area contributed by atoms with Crippen LogP contribution >= 0.6 is 0 Å². The van der Waals surface area contributed by atoms with Crippen molar-refractivity contribution in [1.29, 1.82) is 0 Å². The smallest absolute Gasteiger partial charge is 0.154 e. The molecule has 104 valence electrons. The second-order valence-electron chi connectivity index (χ2n) is 5.41. The van der Waals surface area contributed by atoms with Gasteiger partial charge in [0.25, 0.3) is 0 Å². The summed E-state index contributed by atoms with van der Waals surface area (Å²) >= 11 is 0. The first kappa shape index (κ1) is 12.9. The minimum atomic E-state index is -2.92. The van der Waals surface area contributed by atoms with Gasteiger partial charge in [-0.05, 0) is 48.9 Å². The van der Waals surface area contributed by atoms with Crippen LogP contribution in [-0.4, -0.2) is 31.1 Å². The molecule has 2 unspecified atom stereocenters. The summed E-state index contributed by atoms with van der Waals surface area (Å²) in [6, 6.07) is 5.72. The summed E-state index contributed by atoms with van der Waals surface area (Å²) in [6.07, 6.45) is 2.68. The molecule has 2 atom stereocenters. The number of rotatable bonds is 2. The molecule has 3 rings (SSSR count). The highest BCUT2D eigenvalue weighted by molar-refractivity contribution is 7.91. The number of ether oxygens (including phenoxy) is 1. The van der Waals surface area contributed by atoms with Gasteiger partial charge in [-0.1, -0.05) is 6.07 Å². The summed E-state index contributed by atoms with van der Waals surface area (Å²) in [6.45, 7) is 0. The van der Waals surface area contributed by atoms with Gasteiger partial charge in [0.1, 0.15) is 11.9 Å². The monoisotopic (exact) mass is 282 g/mol. The van der Waals surface area contributed by atoms with Crippen LogP contribution in [0.5, 0.6) is 5.75 Å². The largest absolute Gasteiger partial charge is 0.489 e. The predicted octanol–water partition coefficient (Wildman–Crippen LogP) is 1.62. The van der Waals surface area contributed by atoms with Gasteiger partial charge in [0.05, 0.1) is 17.6 Å². The minimum absolute atomic E-state index is 0.104. The molecule has 1 aromatic carbocycles. The molecular weight excluding hydrogens is 264 g/mol. The van der Waals surface area contributed by atoms with Crippen molar-refractivity contribution in [3.63, 3.8) is 0 Å². The molecule has 0 aromatic heterocycles. The zero-order chi connectivity index (χ0) is 13.5. The summed E-state index contributed by atoms with van der Waals surface area (Å²) < 4.78 is 28.5. The molecule has 0 amide bonds. The number of fused-ring (bicyclic) bond motifs is 1. The van der Waals surface area contributed by atoms with E-state index in [0.29, 0.717) is 12.2 Å². The van der Waals surface area contributed by atoms with Gasteiger partial charge in [0.15, 0.2) is 9.84 Å². The van der Waals surface area contributed by atoms with Gasteiger partial charge in [-0.2, -0.15) is 0 Å². The molecule has 1 N–H and O–H groups in total. The molecule has 4 nitrogen and oxygen atoms in total. The second-order valence-corrected chi connectivity index (χ2v) is 7.64. The lowest BCUT2D eigenvalue weighted by Gasteiger charge is -2.22. The van der Waals surface area contributed by atoms with Gasteiger partial charge in [0.2, 0.25) is 0 Å². The lowest BCUT2D eigenvalue weighted by molar-refractivity contribution is 0.155. The molecule has 1 saturated heterocycles. The second kappa shape index (κ2) is 4.80. The van der Waals surface area contributed by atoms with Crippen LogP contribution in [0.2, 0.25) is 0 Å².